The van der Waals surface area contributed by atoms with E-state index in [4.69, 9.17) is 0 Å². The second kappa shape index (κ2) is 6.61. The molecular weight excluding hydrogens is 378 g/mol. The molecule has 2 aromatic rings. The number of anilines is 1. The van der Waals surface area contributed by atoms with Crippen molar-refractivity contribution in [1.29, 1.82) is 0 Å². The SMILES string of the molecule is CCCCc1nc(N2CCC(F)(F)C2)c2nnn(C3CCS(=O)(=O)C3)c2n1. The second-order valence-electron chi connectivity index (χ2n) is 7.36. The van der Waals surface area contributed by atoms with Crippen LogP contribution in [0.15, 0.2) is 0 Å². The molecule has 8 nitrogen and oxygen atoms in total. The summed E-state index contributed by atoms with van der Waals surface area (Å²) in [5, 5.41) is 8.25. The fourth-order valence-electron chi connectivity index (χ4n) is 3.66. The fraction of sp³-hybridized carbons (Fsp3) is 0.750. The Morgan fingerprint density at radius 2 is 2.11 bits per heavy atom. The maximum Gasteiger partial charge on any atom is 0.266 e. The Labute approximate surface area is 155 Å². The minimum atomic E-state index is -3.10. The molecule has 2 aliphatic rings. The van der Waals surface area contributed by atoms with Crippen molar-refractivity contribution in [2.45, 2.75) is 51.0 Å². The Balaban J connectivity index is 1.78. The summed E-state index contributed by atoms with van der Waals surface area (Å²) in [5.41, 5.74) is 0.792. The third-order valence-electron chi connectivity index (χ3n) is 5.13. The van der Waals surface area contributed by atoms with Gasteiger partial charge in [-0.2, -0.15) is 0 Å². The highest BCUT2D eigenvalue weighted by Gasteiger charge is 2.40. The molecule has 0 spiro atoms. The summed E-state index contributed by atoms with van der Waals surface area (Å²) in [5.74, 6) is -1.72. The van der Waals surface area contributed by atoms with E-state index >= 15 is 0 Å². The summed E-state index contributed by atoms with van der Waals surface area (Å²) in [6, 6.07) is -0.332. The van der Waals surface area contributed by atoms with Crippen molar-refractivity contribution in [3.8, 4) is 0 Å². The van der Waals surface area contributed by atoms with Crippen LogP contribution in [-0.4, -0.2) is 63.9 Å². The Morgan fingerprint density at radius 3 is 2.74 bits per heavy atom. The lowest BCUT2D eigenvalue weighted by atomic mass is 10.2. The zero-order valence-corrected chi connectivity index (χ0v) is 15.9. The number of halogens is 2. The largest absolute Gasteiger partial charge is 0.348 e. The number of unbranched alkanes of at least 4 members (excludes halogenated alkanes) is 1. The third kappa shape index (κ3) is 3.61. The first-order chi connectivity index (χ1) is 12.8. The lowest BCUT2D eigenvalue weighted by Crippen LogP contribution is -2.26. The maximum absolute atomic E-state index is 13.7. The van der Waals surface area contributed by atoms with Crippen LogP contribution in [0.2, 0.25) is 0 Å². The van der Waals surface area contributed by atoms with Gasteiger partial charge in [0.15, 0.2) is 26.8 Å². The van der Waals surface area contributed by atoms with E-state index in [0.29, 0.717) is 35.6 Å². The van der Waals surface area contributed by atoms with E-state index in [1.54, 1.807) is 0 Å². The van der Waals surface area contributed by atoms with Gasteiger partial charge in [0.05, 0.1) is 24.1 Å². The second-order valence-corrected chi connectivity index (χ2v) is 9.59. The number of aryl methyl sites for hydroxylation is 1. The van der Waals surface area contributed by atoms with Gasteiger partial charge in [-0.15, -0.1) is 5.10 Å². The van der Waals surface area contributed by atoms with Gasteiger partial charge in [0.1, 0.15) is 5.82 Å². The molecule has 0 aromatic carbocycles. The summed E-state index contributed by atoms with van der Waals surface area (Å²) in [6.07, 6.45) is 2.68. The summed E-state index contributed by atoms with van der Waals surface area (Å²) >= 11 is 0. The van der Waals surface area contributed by atoms with Crippen molar-refractivity contribution in [2.24, 2.45) is 0 Å². The predicted molar refractivity (Wildman–Crippen MR) is 95.8 cm³/mol. The summed E-state index contributed by atoms with van der Waals surface area (Å²) in [4.78, 5) is 10.6. The van der Waals surface area contributed by atoms with Gasteiger partial charge < -0.3 is 4.90 Å². The number of hydrogen-bond donors (Lipinski definition) is 0. The van der Waals surface area contributed by atoms with E-state index in [9.17, 15) is 17.2 Å². The molecule has 0 aliphatic carbocycles. The smallest absolute Gasteiger partial charge is 0.266 e. The van der Waals surface area contributed by atoms with Crippen LogP contribution in [0, 0.1) is 0 Å². The van der Waals surface area contributed by atoms with Crippen molar-refractivity contribution >= 4 is 26.8 Å². The number of nitrogens with zero attached hydrogens (tertiary/aromatic N) is 6. The van der Waals surface area contributed by atoms with Gasteiger partial charge in [-0.1, -0.05) is 18.6 Å². The number of aromatic nitrogens is 5. The number of sulfone groups is 1. The molecule has 4 rings (SSSR count). The lowest BCUT2D eigenvalue weighted by Gasteiger charge is -2.18. The molecule has 2 saturated heterocycles. The van der Waals surface area contributed by atoms with Crippen LogP contribution < -0.4 is 4.90 Å². The zero-order chi connectivity index (χ0) is 19.2. The molecule has 2 fully saturated rings. The highest BCUT2D eigenvalue weighted by molar-refractivity contribution is 7.91. The normalized spacial score (nSPS) is 24.1. The van der Waals surface area contributed by atoms with Crippen LogP contribution >= 0.6 is 0 Å². The van der Waals surface area contributed by atoms with E-state index in [0.717, 1.165) is 12.8 Å². The van der Waals surface area contributed by atoms with Gasteiger partial charge in [-0.3, -0.25) is 0 Å². The Bertz CT molecular complexity index is 961. The van der Waals surface area contributed by atoms with Crippen LogP contribution in [0.25, 0.3) is 11.2 Å². The van der Waals surface area contributed by atoms with E-state index < -0.39 is 22.3 Å². The molecule has 11 heteroatoms. The van der Waals surface area contributed by atoms with Crippen molar-refractivity contribution in [3.05, 3.63) is 5.82 Å². The lowest BCUT2D eigenvalue weighted by molar-refractivity contribution is 0.0257. The van der Waals surface area contributed by atoms with E-state index in [1.165, 1.54) is 9.58 Å². The number of hydrogen-bond acceptors (Lipinski definition) is 7. The molecule has 2 aliphatic heterocycles. The van der Waals surface area contributed by atoms with E-state index in [-0.39, 0.29) is 30.5 Å². The fourth-order valence-corrected chi connectivity index (χ4v) is 5.35. The van der Waals surface area contributed by atoms with Crippen LogP contribution in [0.5, 0.6) is 0 Å². The Kier molecular flexibility index (Phi) is 4.52. The minimum Gasteiger partial charge on any atom is -0.348 e. The summed E-state index contributed by atoms with van der Waals surface area (Å²) in [7, 11) is -3.10. The quantitative estimate of drug-likeness (QED) is 0.755. The molecule has 0 amide bonds. The molecule has 0 radical (unpaired) electrons. The molecule has 0 N–H and O–H groups in total. The van der Waals surface area contributed by atoms with Crippen LogP contribution in [0.1, 0.15) is 44.5 Å². The molecule has 1 unspecified atom stereocenters. The first kappa shape index (κ1) is 18.5. The predicted octanol–water partition coefficient (Wildman–Crippen LogP) is 1.77. The average molecular weight is 400 g/mol. The molecular formula is C16H22F2N6O2S. The van der Waals surface area contributed by atoms with Crippen LogP contribution in [0.4, 0.5) is 14.6 Å². The molecule has 27 heavy (non-hydrogen) atoms. The monoisotopic (exact) mass is 400 g/mol. The standard InChI is InChI=1S/C16H22F2N6O2S/c1-2-3-4-12-19-14(23-7-6-16(17,18)10-23)13-15(20-12)24(22-21-13)11-5-8-27(25,26)9-11/h11H,2-10H2,1H3. The summed E-state index contributed by atoms with van der Waals surface area (Å²) < 4.78 is 52.7. The van der Waals surface area contributed by atoms with E-state index in [1.807, 2.05) is 0 Å². The molecule has 4 heterocycles. The van der Waals surface area contributed by atoms with Gasteiger partial charge in [0.25, 0.3) is 5.92 Å². The first-order valence-corrected chi connectivity index (χ1v) is 11.1. The van der Waals surface area contributed by atoms with Crippen molar-refractivity contribution in [3.63, 3.8) is 0 Å². The highest BCUT2D eigenvalue weighted by atomic mass is 32.2. The number of rotatable bonds is 5. The number of alkyl halides is 2. The van der Waals surface area contributed by atoms with Gasteiger partial charge in [0.2, 0.25) is 0 Å². The minimum absolute atomic E-state index is 0.00310. The Morgan fingerprint density at radius 1 is 1.30 bits per heavy atom. The summed E-state index contributed by atoms with van der Waals surface area (Å²) in [6.45, 7) is 1.84. The first-order valence-electron chi connectivity index (χ1n) is 9.23. The van der Waals surface area contributed by atoms with Crippen molar-refractivity contribution < 1.29 is 17.2 Å². The van der Waals surface area contributed by atoms with Gasteiger partial charge >= 0.3 is 0 Å². The number of fused-ring (bicyclic) bond motifs is 1. The van der Waals surface area contributed by atoms with Gasteiger partial charge in [-0.25, -0.2) is 31.8 Å². The van der Waals surface area contributed by atoms with Crippen molar-refractivity contribution in [1.82, 2.24) is 25.0 Å². The van der Waals surface area contributed by atoms with Gasteiger partial charge in [0, 0.05) is 19.4 Å². The topological polar surface area (TPSA) is 93.9 Å². The molecule has 2 aromatic heterocycles. The maximum atomic E-state index is 13.7. The van der Waals surface area contributed by atoms with Crippen LogP contribution in [0.3, 0.4) is 0 Å². The third-order valence-corrected chi connectivity index (χ3v) is 6.88. The molecule has 0 bridgehead atoms. The average Bonchev–Trinajstić information content (AvgIpc) is 3.28. The Hall–Kier alpha value is -1.91. The molecule has 1 atom stereocenters. The highest BCUT2D eigenvalue weighted by Crippen LogP contribution is 2.34. The van der Waals surface area contributed by atoms with Crippen LogP contribution in [-0.2, 0) is 16.3 Å². The van der Waals surface area contributed by atoms with Crippen molar-refractivity contribution in [2.75, 3.05) is 29.5 Å². The van der Waals surface area contributed by atoms with E-state index in [2.05, 4.69) is 27.2 Å². The molecule has 0 saturated carbocycles. The molecule has 148 valence electrons. The van der Waals surface area contributed by atoms with Gasteiger partial charge in [-0.05, 0) is 12.8 Å². The zero-order valence-electron chi connectivity index (χ0n) is 15.1.